The van der Waals surface area contributed by atoms with Gasteiger partial charge in [0.05, 0.1) is 6.10 Å². The van der Waals surface area contributed by atoms with Crippen LogP contribution in [-0.2, 0) is 0 Å². The summed E-state index contributed by atoms with van der Waals surface area (Å²) in [6, 6.07) is 14.2. The first-order valence-electron chi connectivity index (χ1n) is 6.27. The van der Waals surface area contributed by atoms with Crippen molar-refractivity contribution in [2.24, 2.45) is 0 Å². The molecule has 2 nitrogen and oxygen atoms in total. The van der Waals surface area contributed by atoms with Crippen molar-refractivity contribution >= 4 is 33.4 Å². The number of aliphatic hydroxyl groups is 1. The second kappa shape index (κ2) is 7.77. The molecular weight excluding hydrogens is 360 g/mol. The number of alkyl halides is 2. The van der Waals surface area contributed by atoms with Gasteiger partial charge < -0.3 is 10.4 Å². The van der Waals surface area contributed by atoms with Crippen LogP contribution in [0.15, 0.2) is 57.9 Å². The fraction of sp³-hybridized carbons (Fsp3) is 0.200. The molecule has 112 valence electrons. The Kier molecular flexibility index (Phi) is 6.02. The van der Waals surface area contributed by atoms with E-state index in [4.69, 9.17) is 0 Å². The molecule has 2 aromatic carbocycles. The summed E-state index contributed by atoms with van der Waals surface area (Å²) in [5.41, 5.74) is 1.35. The summed E-state index contributed by atoms with van der Waals surface area (Å²) in [6.45, 7) is 0.247. The molecule has 0 heterocycles. The SMILES string of the molecule is OC(CNc1ccccc1SC(F)F)c1cccc(Br)c1. The van der Waals surface area contributed by atoms with Gasteiger partial charge in [-0.2, -0.15) is 8.78 Å². The predicted octanol–water partition coefficient (Wildman–Crippen LogP) is 4.91. The van der Waals surface area contributed by atoms with Crippen LogP contribution in [-0.4, -0.2) is 17.4 Å². The van der Waals surface area contributed by atoms with Crippen LogP contribution in [0.25, 0.3) is 0 Å². The van der Waals surface area contributed by atoms with Crippen molar-refractivity contribution in [2.75, 3.05) is 11.9 Å². The van der Waals surface area contributed by atoms with Crippen LogP contribution in [0, 0.1) is 0 Å². The Balaban J connectivity index is 2.02. The number of hydrogen-bond acceptors (Lipinski definition) is 3. The van der Waals surface area contributed by atoms with Crippen molar-refractivity contribution in [3.8, 4) is 0 Å². The van der Waals surface area contributed by atoms with Crippen molar-refractivity contribution in [3.05, 3.63) is 58.6 Å². The van der Waals surface area contributed by atoms with Crippen molar-refractivity contribution in [2.45, 2.75) is 16.8 Å². The smallest absolute Gasteiger partial charge is 0.288 e. The average Bonchev–Trinajstić information content (AvgIpc) is 2.45. The van der Waals surface area contributed by atoms with Gasteiger partial charge in [-0.05, 0) is 29.8 Å². The molecule has 0 fully saturated rings. The maximum Gasteiger partial charge on any atom is 0.288 e. The molecule has 2 rings (SSSR count). The van der Waals surface area contributed by atoms with E-state index in [1.807, 2.05) is 24.3 Å². The summed E-state index contributed by atoms with van der Waals surface area (Å²) in [7, 11) is 0. The molecule has 1 unspecified atom stereocenters. The highest BCUT2D eigenvalue weighted by Crippen LogP contribution is 2.32. The average molecular weight is 374 g/mol. The number of anilines is 1. The summed E-state index contributed by atoms with van der Waals surface area (Å²) in [6.07, 6.45) is -0.716. The largest absolute Gasteiger partial charge is 0.387 e. The van der Waals surface area contributed by atoms with Crippen molar-refractivity contribution in [1.82, 2.24) is 0 Å². The molecular formula is C15H14BrF2NOS. The molecule has 0 amide bonds. The zero-order chi connectivity index (χ0) is 15.2. The van der Waals surface area contributed by atoms with Gasteiger partial charge in [0.1, 0.15) is 0 Å². The number of aliphatic hydroxyl groups excluding tert-OH is 1. The quantitative estimate of drug-likeness (QED) is 0.705. The van der Waals surface area contributed by atoms with Gasteiger partial charge in [0, 0.05) is 21.6 Å². The van der Waals surface area contributed by atoms with Gasteiger partial charge in [-0.1, -0.05) is 52.0 Å². The lowest BCUT2D eigenvalue weighted by Crippen LogP contribution is -2.12. The third-order valence-corrected chi connectivity index (χ3v) is 4.10. The summed E-state index contributed by atoms with van der Waals surface area (Å²) in [4.78, 5) is 0.467. The summed E-state index contributed by atoms with van der Waals surface area (Å²) >= 11 is 3.84. The normalized spacial score (nSPS) is 12.4. The van der Waals surface area contributed by atoms with Crippen LogP contribution < -0.4 is 5.32 Å². The van der Waals surface area contributed by atoms with Crippen molar-refractivity contribution in [1.29, 1.82) is 0 Å². The van der Waals surface area contributed by atoms with E-state index in [9.17, 15) is 13.9 Å². The van der Waals surface area contributed by atoms with Gasteiger partial charge in [0.25, 0.3) is 5.76 Å². The van der Waals surface area contributed by atoms with E-state index in [1.165, 1.54) is 0 Å². The lowest BCUT2D eigenvalue weighted by Gasteiger charge is -2.15. The summed E-state index contributed by atoms with van der Waals surface area (Å²) < 4.78 is 25.9. The second-order valence-electron chi connectivity index (χ2n) is 4.33. The minimum atomic E-state index is -2.47. The van der Waals surface area contributed by atoms with Crippen LogP contribution in [0.1, 0.15) is 11.7 Å². The first kappa shape index (κ1) is 16.3. The number of nitrogens with one attached hydrogen (secondary N) is 1. The maximum atomic E-state index is 12.5. The summed E-state index contributed by atoms with van der Waals surface area (Å²) in [5, 5.41) is 13.2. The Morgan fingerprint density at radius 2 is 1.90 bits per heavy atom. The highest BCUT2D eigenvalue weighted by Gasteiger charge is 2.12. The van der Waals surface area contributed by atoms with Gasteiger partial charge >= 0.3 is 0 Å². The Bertz CT molecular complexity index is 597. The van der Waals surface area contributed by atoms with E-state index < -0.39 is 11.9 Å². The van der Waals surface area contributed by atoms with Crippen LogP contribution in [0.3, 0.4) is 0 Å². The molecule has 1 atom stereocenters. The topological polar surface area (TPSA) is 32.3 Å². The van der Waals surface area contributed by atoms with Gasteiger partial charge in [0.2, 0.25) is 0 Å². The Morgan fingerprint density at radius 3 is 2.62 bits per heavy atom. The molecule has 2 N–H and O–H groups in total. The number of thioether (sulfide) groups is 1. The van der Waals surface area contributed by atoms with E-state index in [0.29, 0.717) is 22.3 Å². The van der Waals surface area contributed by atoms with Gasteiger partial charge in [-0.15, -0.1) is 0 Å². The predicted molar refractivity (Wildman–Crippen MR) is 85.9 cm³/mol. The lowest BCUT2D eigenvalue weighted by molar-refractivity contribution is 0.191. The van der Waals surface area contributed by atoms with Gasteiger partial charge in [-0.25, -0.2) is 0 Å². The number of rotatable bonds is 6. The minimum absolute atomic E-state index is 0.247. The Hall–Kier alpha value is -1.11. The van der Waals surface area contributed by atoms with E-state index >= 15 is 0 Å². The third-order valence-electron chi connectivity index (χ3n) is 2.82. The van der Waals surface area contributed by atoms with Crippen LogP contribution in [0.2, 0.25) is 0 Å². The fourth-order valence-corrected chi connectivity index (χ4v) is 2.88. The molecule has 0 spiro atoms. The molecule has 2 aromatic rings. The maximum absolute atomic E-state index is 12.5. The highest BCUT2D eigenvalue weighted by molar-refractivity contribution is 9.10. The zero-order valence-corrected chi connectivity index (χ0v) is 13.4. The molecule has 0 bridgehead atoms. The summed E-state index contributed by atoms with van der Waals surface area (Å²) in [5.74, 6) is -2.47. The van der Waals surface area contributed by atoms with Crippen molar-refractivity contribution in [3.63, 3.8) is 0 Å². The number of hydrogen-bond donors (Lipinski definition) is 2. The van der Waals surface area contributed by atoms with E-state index in [0.717, 1.165) is 10.0 Å². The Morgan fingerprint density at radius 1 is 1.14 bits per heavy atom. The minimum Gasteiger partial charge on any atom is -0.387 e. The highest BCUT2D eigenvalue weighted by atomic mass is 79.9. The lowest BCUT2D eigenvalue weighted by atomic mass is 10.1. The van der Waals surface area contributed by atoms with Crippen LogP contribution in [0.5, 0.6) is 0 Å². The number of halogens is 3. The first-order chi connectivity index (χ1) is 10.1. The monoisotopic (exact) mass is 373 g/mol. The fourth-order valence-electron chi connectivity index (χ4n) is 1.85. The third kappa shape index (κ3) is 4.98. The van der Waals surface area contributed by atoms with Crippen molar-refractivity contribution < 1.29 is 13.9 Å². The van der Waals surface area contributed by atoms with Gasteiger partial charge in [-0.3, -0.25) is 0 Å². The Labute approximate surface area is 134 Å². The van der Waals surface area contributed by atoms with E-state index in [-0.39, 0.29) is 6.54 Å². The standard InChI is InChI=1S/C15H14BrF2NOS/c16-11-5-3-4-10(8-11)13(20)9-19-12-6-1-2-7-14(12)21-15(17)18/h1-8,13,15,19-20H,9H2. The first-order valence-corrected chi connectivity index (χ1v) is 7.95. The molecule has 0 radical (unpaired) electrons. The molecule has 0 aromatic heterocycles. The molecule has 6 heteroatoms. The number of para-hydroxylation sites is 1. The second-order valence-corrected chi connectivity index (χ2v) is 6.27. The van der Waals surface area contributed by atoms with Crippen LogP contribution in [0.4, 0.5) is 14.5 Å². The van der Waals surface area contributed by atoms with Crippen LogP contribution >= 0.6 is 27.7 Å². The van der Waals surface area contributed by atoms with E-state index in [1.54, 1.807) is 24.3 Å². The zero-order valence-electron chi connectivity index (χ0n) is 11.0. The molecule has 0 saturated heterocycles. The number of benzene rings is 2. The molecule has 21 heavy (non-hydrogen) atoms. The molecule has 0 aliphatic carbocycles. The molecule has 0 aliphatic rings. The van der Waals surface area contributed by atoms with Gasteiger partial charge in [0.15, 0.2) is 0 Å². The van der Waals surface area contributed by atoms with E-state index in [2.05, 4.69) is 21.2 Å². The molecule has 0 saturated carbocycles. The molecule has 0 aliphatic heterocycles.